The number of piperidine rings is 1. The van der Waals surface area contributed by atoms with Gasteiger partial charge >= 0.3 is 0 Å². The van der Waals surface area contributed by atoms with Gasteiger partial charge in [-0.1, -0.05) is 6.42 Å². The van der Waals surface area contributed by atoms with Crippen molar-refractivity contribution in [3.8, 4) is 0 Å². The monoisotopic (exact) mass is 393 g/mol. The lowest BCUT2D eigenvalue weighted by Gasteiger charge is -2.35. The molecule has 1 aromatic carbocycles. The van der Waals surface area contributed by atoms with E-state index in [1.165, 1.54) is 22.5 Å². The Bertz CT molecular complexity index is 959. The molecule has 1 atom stereocenters. The van der Waals surface area contributed by atoms with E-state index in [0.717, 1.165) is 37.6 Å². The molecular weight excluding hydrogens is 369 g/mol. The molecule has 9 heteroatoms. The van der Waals surface area contributed by atoms with Gasteiger partial charge in [-0.25, -0.2) is 12.8 Å². The molecule has 0 aliphatic carbocycles. The van der Waals surface area contributed by atoms with Gasteiger partial charge in [0.15, 0.2) is 5.82 Å². The number of likely N-dealkylation sites (N-methyl/N-ethyl adjacent to an activating group) is 1. The third-order valence-corrected chi connectivity index (χ3v) is 7.36. The van der Waals surface area contributed by atoms with Gasteiger partial charge in [-0.2, -0.15) is 4.31 Å². The Hall–Kier alpha value is -1.84. The van der Waals surface area contributed by atoms with Crippen LogP contribution >= 0.6 is 0 Å². The van der Waals surface area contributed by atoms with Gasteiger partial charge in [-0.15, -0.1) is 10.2 Å². The topological polar surface area (TPSA) is 71.3 Å². The molecule has 0 unspecified atom stereocenters. The van der Waals surface area contributed by atoms with Crippen molar-refractivity contribution in [1.29, 1.82) is 0 Å². The summed E-state index contributed by atoms with van der Waals surface area (Å²) < 4.78 is 43.8. The molecule has 7 nitrogen and oxygen atoms in total. The molecule has 0 N–H and O–H groups in total. The van der Waals surface area contributed by atoms with Crippen LogP contribution in [0.2, 0.25) is 0 Å². The number of aryl methyl sites for hydroxylation is 1. The summed E-state index contributed by atoms with van der Waals surface area (Å²) in [6.45, 7) is 4.37. The van der Waals surface area contributed by atoms with Crippen molar-refractivity contribution >= 4 is 10.0 Å². The summed E-state index contributed by atoms with van der Waals surface area (Å²) >= 11 is 0. The average molecular weight is 393 g/mol. The van der Waals surface area contributed by atoms with Crippen LogP contribution in [0.3, 0.4) is 0 Å². The lowest BCUT2D eigenvalue weighted by Crippen LogP contribution is -2.40. The van der Waals surface area contributed by atoms with Gasteiger partial charge in [-0.05, 0) is 50.6 Å². The quantitative estimate of drug-likeness (QED) is 0.799. The third kappa shape index (κ3) is 3.28. The maximum atomic E-state index is 13.6. The molecule has 0 spiro atoms. The number of hydrogen-bond donors (Lipinski definition) is 0. The molecule has 0 amide bonds. The Morgan fingerprint density at radius 3 is 2.74 bits per heavy atom. The lowest BCUT2D eigenvalue weighted by atomic mass is 10.0. The molecule has 2 aromatic rings. The van der Waals surface area contributed by atoms with Gasteiger partial charge in [0.1, 0.15) is 11.6 Å². The van der Waals surface area contributed by atoms with Crippen LogP contribution in [0, 0.1) is 12.7 Å². The van der Waals surface area contributed by atoms with Gasteiger partial charge in [0.25, 0.3) is 0 Å². The minimum absolute atomic E-state index is 0.131. The number of halogens is 1. The van der Waals surface area contributed by atoms with Gasteiger partial charge in [-0.3, -0.25) is 4.90 Å². The maximum Gasteiger partial charge on any atom is 0.243 e. The van der Waals surface area contributed by atoms with Crippen LogP contribution in [-0.2, 0) is 23.1 Å². The zero-order chi connectivity index (χ0) is 19.2. The molecule has 3 heterocycles. The Balaban J connectivity index is 1.72. The molecule has 4 rings (SSSR count). The molecule has 0 bridgehead atoms. The first-order valence-electron chi connectivity index (χ1n) is 9.26. The van der Waals surface area contributed by atoms with E-state index in [9.17, 15) is 12.8 Å². The predicted octanol–water partition coefficient (Wildman–Crippen LogP) is 2.09. The Morgan fingerprint density at radius 2 is 1.96 bits per heavy atom. The van der Waals surface area contributed by atoms with Gasteiger partial charge in [0.05, 0.1) is 17.5 Å². The van der Waals surface area contributed by atoms with Crippen molar-refractivity contribution in [2.75, 3.05) is 20.1 Å². The molecule has 0 saturated carbocycles. The zero-order valence-electron chi connectivity index (χ0n) is 15.6. The minimum Gasteiger partial charge on any atom is -0.311 e. The van der Waals surface area contributed by atoms with E-state index in [-0.39, 0.29) is 10.9 Å². The van der Waals surface area contributed by atoms with Crippen LogP contribution in [0.25, 0.3) is 0 Å². The standard InChI is InChI=1S/C18H24FN5O2S/c1-13-11-14(6-7-15(13)19)27(25,26)24-8-4-3-5-16(24)18-21-20-17-12-22(2)9-10-23(17)18/h6-7,11,16H,3-5,8-10,12H2,1-2H3/t16-/m0/s1. The highest BCUT2D eigenvalue weighted by atomic mass is 32.2. The molecule has 27 heavy (non-hydrogen) atoms. The van der Waals surface area contributed by atoms with E-state index >= 15 is 0 Å². The molecule has 0 radical (unpaired) electrons. The Morgan fingerprint density at radius 1 is 1.15 bits per heavy atom. The number of sulfonamides is 1. The van der Waals surface area contributed by atoms with Crippen LogP contribution in [-0.4, -0.2) is 52.5 Å². The number of aromatic nitrogens is 3. The van der Waals surface area contributed by atoms with Crippen molar-refractivity contribution in [1.82, 2.24) is 24.0 Å². The van der Waals surface area contributed by atoms with Crippen molar-refractivity contribution in [2.24, 2.45) is 0 Å². The highest BCUT2D eigenvalue weighted by Gasteiger charge is 2.38. The van der Waals surface area contributed by atoms with Gasteiger partial charge < -0.3 is 4.57 Å². The van der Waals surface area contributed by atoms with Crippen molar-refractivity contribution in [3.63, 3.8) is 0 Å². The van der Waals surface area contributed by atoms with Gasteiger partial charge in [0.2, 0.25) is 10.0 Å². The first-order chi connectivity index (χ1) is 12.9. The summed E-state index contributed by atoms with van der Waals surface area (Å²) in [5.41, 5.74) is 0.326. The lowest BCUT2D eigenvalue weighted by molar-refractivity contribution is 0.224. The largest absolute Gasteiger partial charge is 0.311 e. The highest BCUT2D eigenvalue weighted by molar-refractivity contribution is 7.89. The second-order valence-corrected chi connectivity index (χ2v) is 9.29. The summed E-state index contributed by atoms with van der Waals surface area (Å²) in [4.78, 5) is 2.30. The second kappa shape index (κ2) is 6.96. The summed E-state index contributed by atoms with van der Waals surface area (Å²) in [6, 6.07) is 3.64. The van der Waals surface area contributed by atoms with Crippen LogP contribution in [0.15, 0.2) is 23.1 Å². The smallest absolute Gasteiger partial charge is 0.243 e. The average Bonchev–Trinajstić information content (AvgIpc) is 3.06. The fourth-order valence-electron chi connectivity index (χ4n) is 3.91. The molecular formula is C18H24FN5O2S. The van der Waals surface area contributed by atoms with Crippen molar-refractivity contribution in [2.45, 2.75) is 50.2 Å². The predicted molar refractivity (Wildman–Crippen MR) is 98.0 cm³/mol. The van der Waals surface area contributed by atoms with Crippen LogP contribution in [0.5, 0.6) is 0 Å². The van der Waals surface area contributed by atoms with E-state index in [0.29, 0.717) is 25.1 Å². The normalized spacial score (nSPS) is 22.0. The first kappa shape index (κ1) is 18.5. The molecule has 2 aliphatic heterocycles. The molecule has 1 saturated heterocycles. The molecule has 1 aromatic heterocycles. The number of rotatable bonds is 3. The summed E-state index contributed by atoms with van der Waals surface area (Å²) in [7, 11) is -1.70. The maximum absolute atomic E-state index is 13.6. The zero-order valence-corrected chi connectivity index (χ0v) is 16.4. The van der Waals surface area contributed by atoms with Crippen LogP contribution < -0.4 is 0 Å². The van der Waals surface area contributed by atoms with E-state index in [4.69, 9.17) is 0 Å². The van der Waals surface area contributed by atoms with Crippen LogP contribution in [0.1, 0.15) is 42.5 Å². The molecule has 2 aliphatic rings. The fourth-order valence-corrected chi connectivity index (χ4v) is 5.65. The summed E-state index contributed by atoms with van der Waals surface area (Å²) in [5.74, 6) is 1.19. The van der Waals surface area contributed by atoms with Crippen molar-refractivity contribution in [3.05, 3.63) is 41.2 Å². The number of nitrogens with zero attached hydrogens (tertiary/aromatic N) is 5. The molecule has 146 valence electrons. The van der Waals surface area contributed by atoms with E-state index in [2.05, 4.69) is 19.7 Å². The third-order valence-electron chi connectivity index (χ3n) is 5.46. The van der Waals surface area contributed by atoms with Gasteiger partial charge in [0, 0.05) is 19.6 Å². The Labute approximate surface area is 158 Å². The Kier molecular flexibility index (Phi) is 4.77. The first-order valence-corrected chi connectivity index (χ1v) is 10.7. The summed E-state index contributed by atoms with van der Waals surface area (Å²) in [5, 5.41) is 8.66. The fraction of sp³-hybridized carbons (Fsp3) is 0.556. The van der Waals surface area contributed by atoms with Crippen molar-refractivity contribution < 1.29 is 12.8 Å². The second-order valence-electron chi connectivity index (χ2n) is 7.40. The summed E-state index contributed by atoms with van der Waals surface area (Å²) in [6.07, 6.45) is 2.47. The SMILES string of the molecule is Cc1cc(S(=O)(=O)N2CCCC[C@H]2c2nnc3n2CCN(C)C3)ccc1F. The van der Waals surface area contributed by atoms with E-state index < -0.39 is 15.8 Å². The number of benzene rings is 1. The minimum atomic E-state index is -3.74. The van der Waals surface area contributed by atoms with E-state index in [1.807, 2.05) is 7.05 Å². The molecule has 1 fully saturated rings. The van der Waals surface area contributed by atoms with Crippen LogP contribution in [0.4, 0.5) is 4.39 Å². The number of hydrogen-bond acceptors (Lipinski definition) is 5. The van der Waals surface area contributed by atoms with E-state index in [1.54, 1.807) is 6.92 Å². The highest BCUT2D eigenvalue weighted by Crippen LogP contribution is 2.35. The number of fused-ring (bicyclic) bond motifs is 1.